The van der Waals surface area contributed by atoms with Gasteiger partial charge in [0.15, 0.2) is 0 Å². The normalized spacial score (nSPS) is 11.8. The number of nitrogens with one attached hydrogen (secondary N) is 1. The van der Waals surface area contributed by atoms with Crippen molar-refractivity contribution in [1.29, 1.82) is 0 Å². The Morgan fingerprint density at radius 3 is 2.72 bits per heavy atom. The number of nitrogens with zero attached hydrogens (tertiary/aromatic N) is 3. The van der Waals surface area contributed by atoms with E-state index in [-0.39, 0.29) is 11.9 Å². The van der Waals surface area contributed by atoms with Crippen LogP contribution < -0.4 is 10.1 Å². The van der Waals surface area contributed by atoms with Gasteiger partial charge < -0.3 is 10.1 Å². The first-order chi connectivity index (χ1) is 12.2. The van der Waals surface area contributed by atoms with Crippen molar-refractivity contribution in [2.45, 2.75) is 19.4 Å². The minimum atomic E-state index is -0.162. The molecule has 128 valence electrons. The summed E-state index contributed by atoms with van der Waals surface area (Å²) >= 11 is 0. The number of para-hydroxylation sites is 2. The van der Waals surface area contributed by atoms with Crippen molar-refractivity contribution in [1.82, 2.24) is 20.1 Å². The summed E-state index contributed by atoms with van der Waals surface area (Å²) in [7, 11) is 1.61. The van der Waals surface area contributed by atoms with Gasteiger partial charge in [-0.2, -0.15) is 5.10 Å². The van der Waals surface area contributed by atoms with E-state index in [0.717, 1.165) is 17.7 Å². The third-order valence-electron chi connectivity index (χ3n) is 4.00. The van der Waals surface area contributed by atoms with Crippen LogP contribution in [-0.4, -0.2) is 27.8 Å². The lowest BCUT2D eigenvalue weighted by Crippen LogP contribution is -2.27. The Kier molecular flexibility index (Phi) is 5.09. The van der Waals surface area contributed by atoms with E-state index in [0.29, 0.717) is 11.3 Å². The van der Waals surface area contributed by atoms with E-state index in [1.165, 1.54) is 0 Å². The van der Waals surface area contributed by atoms with Gasteiger partial charge in [0.25, 0.3) is 5.91 Å². The van der Waals surface area contributed by atoms with Crippen molar-refractivity contribution in [2.24, 2.45) is 0 Å². The third kappa shape index (κ3) is 3.68. The summed E-state index contributed by atoms with van der Waals surface area (Å²) in [6, 6.07) is 11.3. The van der Waals surface area contributed by atoms with Crippen molar-refractivity contribution in [3.8, 4) is 11.4 Å². The summed E-state index contributed by atoms with van der Waals surface area (Å²) in [5.74, 6) is 0.533. The lowest BCUT2D eigenvalue weighted by Gasteiger charge is -2.16. The Hall–Kier alpha value is -3.15. The lowest BCUT2D eigenvalue weighted by atomic mass is 10.1. The fourth-order valence-electron chi connectivity index (χ4n) is 2.65. The predicted octanol–water partition coefficient (Wildman–Crippen LogP) is 3.16. The monoisotopic (exact) mass is 336 g/mol. The lowest BCUT2D eigenvalue weighted by molar-refractivity contribution is 0.0935. The molecule has 6 heteroatoms. The second-order valence-corrected chi connectivity index (χ2v) is 5.56. The second kappa shape index (κ2) is 7.61. The molecule has 0 aliphatic carbocycles. The largest absolute Gasteiger partial charge is 0.494 e. The number of benzene rings is 1. The van der Waals surface area contributed by atoms with Crippen LogP contribution in [0, 0.1) is 0 Å². The van der Waals surface area contributed by atoms with Crippen molar-refractivity contribution in [3.63, 3.8) is 0 Å². The third-order valence-corrected chi connectivity index (χ3v) is 4.00. The van der Waals surface area contributed by atoms with Crippen LogP contribution in [0.5, 0.6) is 5.75 Å². The number of carbonyl (C=O) groups excluding carboxylic acids is 1. The molecule has 6 nitrogen and oxygen atoms in total. The van der Waals surface area contributed by atoms with E-state index in [9.17, 15) is 4.79 Å². The molecule has 0 aliphatic rings. The molecule has 3 aromatic rings. The Balaban J connectivity index is 1.79. The first-order valence-electron chi connectivity index (χ1n) is 8.11. The van der Waals surface area contributed by atoms with Gasteiger partial charge in [0.05, 0.1) is 24.9 Å². The van der Waals surface area contributed by atoms with Crippen LogP contribution >= 0.6 is 0 Å². The highest BCUT2D eigenvalue weighted by Gasteiger charge is 2.16. The maximum absolute atomic E-state index is 12.6. The van der Waals surface area contributed by atoms with Crippen molar-refractivity contribution < 1.29 is 9.53 Å². The fraction of sp³-hybridized carbons (Fsp3) is 0.211. The molecule has 0 fully saturated rings. The molecule has 2 aromatic heterocycles. The highest BCUT2D eigenvalue weighted by molar-refractivity contribution is 5.94. The van der Waals surface area contributed by atoms with E-state index < -0.39 is 0 Å². The zero-order valence-corrected chi connectivity index (χ0v) is 14.2. The minimum absolute atomic E-state index is 0.0647. The van der Waals surface area contributed by atoms with Gasteiger partial charge in [-0.1, -0.05) is 19.1 Å². The Morgan fingerprint density at radius 1 is 1.24 bits per heavy atom. The van der Waals surface area contributed by atoms with E-state index >= 15 is 0 Å². The SMILES string of the molecule is CCC(NC(=O)c1cnn(-c2ccccc2OC)c1)c1ccncc1. The van der Waals surface area contributed by atoms with Crippen LogP contribution in [0.4, 0.5) is 0 Å². The molecule has 25 heavy (non-hydrogen) atoms. The Bertz CT molecular complexity index is 845. The second-order valence-electron chi connectivity index (χ2n) is 5.56. The van der Waals surface area contributed by atoms with Gasteiger partial charge in [-0.25, -0.2) is 4.68 Å². The first kappa shape index (κ1) is 16.7. The molecule has 0 bridgehead atoms. The van der Waals surface area contributed by atoms with Gasteiger partial charge >= 0.3 is 0 Å². The number of pyridine rings is 1. The summed E-state index contributed by atoms with van der Waals surface area (Å²) in [5, 5.41) is 7.33. The van der Waals surface area contributed by atoms with E-state index in [2.05, 4.69) is 15.4 Å². The smallest absolute Gasteiger partial charge is 0.254 e. The van der Waals surface area contributed by atoms with Crippen LogP contribution in [0.1, 0.15) is 35.3 Å². The molecular weight excluding hydrogens is 316 g/mol. The maximum atomic E-state index is 12.6. The van der Waals surface area contributed by atoms with Crippen molar-refractivity contribution in [2.75, 3.05) is 7.11 Å². The molecule has 1 amide bonds. The average Bonchev–Trinajstić information content (AvgIpc) is 3.16. The van der Waals surface area contributed by atoms with Gasteiger partial charge in [-0.05, 0) is 36.2 Å². The summed E-state index contributed by atoms with van der Waals surface area (Å²) in [6.45, 7) is 2.03. The van der Waals surface area contributed by atoms with E-state index in [1.807, 2.05) is 43.3 Å². The van der Waals surface area contributed by atoms with Gasteiger partial charge in [-0.15, -0.1) is 0 Å². The highest BCUT2D eigenvalue weighted by atomic mass is 16.5. The molecule has 1 aromatic carbocycles. The van der Waals surface area contributed by atoms with Crippen LogP contribution in [0.2, 0.25) is 0 Å². The standard InChI is InChI=1S/C19H20N4O2/c1-3-16(14-8-10-20-11-9-14)22-19(24)15-12-21-23(13-15)17-6-4-5-7-18(17)25-2/h4-13,16H,3H2,1-2H3,(H,22,24). The number of rotatable bonds is 6. The number of aromatic nitrogens is 3. The quantitative estimate of drug-likeness (QED) is 0.751. The summed E-state index contributed by atoms with van der Waals surface area (Å²) < 4.78 is 6.98. The topological polar surface area (TPSA) is 69.0 Å². The molecule has 1 atom stereocenters. The summed E-state index contributed by atoms with van der Waals surface area (Å²) in [4.78, 5) is 16.6. The molecule has 1 unspecified atom stereocenters. The number of amides is 1. The van der Waals surface area contributed by atoms with E-state index in [4.69, 9.17) is 4.74 Å². The minimum Gasteiger partial charge on any atom is -0.494 e. The van der Waals surface area contributed by atoms with Gasteiger partial charge in [0.1, 0.15) is 11.4 Å². The summed E-state index contributed by atoms with van der Waals surface area (Å²) in [6.07, 6.45) is 7.50. The molecular formula is C19H20N4O2. The zero-order valence-electron chi connectivity index (χ0n) is 14.2. The molecule has 0 saturated heterocycles. The van der Waals surface area contributed by atoms with Crippen LogP contribution in [0.3, 0.4) is 0 Å². The highest BCUT2D eigenvalue weighted by Crippen LogP contribution is 2.22. The van der Waals surface area contributed by atoms with Crippen LogP contribution in [-0.2, 0) is 0 Å². The molecule has 0 radical (unpaired) electrons. The van der Waals surface area contributed by atoms with Crippen LogP contribution in [0.15, 0.2) is 61.2 Å². The Morgan fingerprint density at radius 2 is 2.00 bits per heavy atom. The van der Waals surface area contributed by atoms with Crippen molar-refractivity contribution in [3.05, 3.63) is 72.3 Å². The number of ether oxygens (including phenoxy) is 1. The van der Waals surface area contributed by atoms with Gasteiger partial charge in [0, 0.05) is 18.6 Å². The molecule has 2 heterocycles. The van der Waals surface area contributed by atoms with E-state index in [1.54, 1.807) is 36.6 Å². The molecule has 0 spiro atoms. The maximum Gasteiger partial charge on any atom is 0.254 e. The van der Waals surface area contributed by atoms with Crippen LogP contribution in [0.25, 0.3) is 5.69 Å². The molecule has 0 saturated carbocycles. The average molecular weight is 336 g/mol. The first-order valence-corrected chi connectivity index (χ1v) is 8.11. The van der Waals surface area contributed by atoms with Gasteiger partial charge in [0.2, 0.25) is 0 Å². The predicted molar refractivity (Wildman–Crippen MR) is 94.9 cm³/mol. The number of hydrogen-bond donors (Lipinski definition) is 1. The molecule has 3 rings (SSSR count). The summed E-state index contributed by atoms with van der Waals surface area (Å²) in [5.41, 5.74) is 2.31. The number of methoxy groups -OCH3 is 1. The molecule has 1 N–H and O–H groups in total. The fourth-order valence-corrected chi connectivity index (χ4v) is 2.65. The number of hydrogen-bond acceptors (Lipinski definition) is 4. The molecule has 0 aliphatic heterocycles. The van der Waals surface area contributed by atoms with Crippen molar-refractivity contribution >= 4 is 5.91 Å². The zero-order chi connectivity index (χ0) is 17.6. The number of carbonyl (C=O) groups is 1. The Labute approximate surface area is 146 Å². The van der Waals surface area contributed by atoms with Gasteiger partial charge in [-0.3, -0.25) is 9.78 Å².